The lowest BCUT2D eigenvalue weighted by molar-refractivity contribution is -0.137. The fourth-order valence-electron chi connectivity index (χ4n) is 4.48. The van der Waals surface area contributed by atoms with Gasteiger partial charge < -0.3 is 9.64 Å². The molecule has 1 aromatic carbocycles. The van der Waals surface area contributed by atoms with Gasteiger partial charge in [0.05, 0.1) is 12.3 Å². The van der Waals surface area contributed by atoms with E-state index in [4.69, 9.17) is 4.74 Å². The summed E-state index contributed by atoms with van der Waals surface area (Å²) in [4.78, 5) is 31.5. The average molecular weight is 479 g/mol. The zero-order valence-electron chi connectivity index (χ0n) is 20.5. The summed E-state index contributed by atoms with van der Waals surface area (Å²) in [7, 11) is 0. The number of nitrogens with zero attached hydrogens (tertiary/aromatic N) is 4. The maximum atomic E-state index is 15.3. The second-order valence-electron chi connectivity index (χ2n) is 8.78. The molecule has 2 aromatic heterocycles. The van der Waals surface area contributed by atoms with Gasteiger partial charge in [0.1, 0.15) is 11.5 Å². The van der Waals surface area contributed by atoms with Crippen molar-refractivity contribution in [3.8, 4) is 11.3 Å². The van der Waals surface area contributed by atoms with E-state index < -0.39 is 11.8 Å². The number of carbonyl (C=O) groups excluding carboxylic acids is 2. The highest BCUT2D eigenvalue weighted by molar-refractivity contribution is 5.93. The van der Waals surface area contributed by atoms with Crippen molar-refractivity contribution in [2.24, 2.45) is 0 Å². The van der Waals surface area contributed by atoms with Gasteiger partial charge in [0.2, 0.25) is 0 Å². The maximum Gasteiger partial charge on any atom is 0.330 e. The molecule has 1 amide bonds. The Labute approximate surface area is 204 Å². The third kappa shape index (κ3) is 5.26. The standard InChI is InChI=1S/C27H31FN4O3/c1-4-20-16-23(27(34)31-15-8-6-7-10-18(31)3)29-24-17-22(30-32(20)24)21-12-9-11-19(26(21)28)13-14-25(33)35-5-2/h9,11-14,16-18H,4-8,10,15H2,1-3H3/b14-13-/t18-/m1/s1. The van der Waals surface area contributed by atoms with Crippen LogP contribution in [-0.4, -0.2) is 50.6 Å². The smallest absolute Gasteiger partial charge is 0.330 e. The molecular weight excluding hydrogens is 447 g/mol. The van der Waals surface area contributed by atoms with E-state index in [1.54, 1.807) is 41.8 Å². The van der Waals surface area contributed by atoms with E-state index in [-0.39, 0.29) is 29.7 Å². The topological polar surface area (TPSA) is 76.8 Å². The third-order valence-corrected chi connectivity index (χ3v) is 6.39. The molecule has 1 fully saturated rings. The zero-order valence-corrected chi connectivity index (χ0v) is 20.5. The van der Waals surface area contributed by atoms with Crippen LogP contribution in [0.15, 0.2) is 36.4 Å². The summed E-state index contributed by atoms with van der Waals surface area (Å²) < 4.78 is 21.8. The van der Waals surface area contributed by atoms with E-state index in [2.05, 4.69) is 17.0 Å². The molecule has 0 radical (unpaired) electrons. The van der Waals surface area contributed by atoms with Crippen molar-refractivity contribution in [1.82, 2.24) is 19.5 Å². The fourth-order valence-corrected chi connectivity index (χ4v) is 4.48. The van der Waals surface area contributed by atoms with Crippen molar-refractivity contribution >= 4 is 23.6 Å². The summed E-state index contributed by atoms with van der Waals surface area (Å²) in [6.07, 6.45) is 7.48. The van der Waals surface area contributed by atoms with Crippen molar-refractivity contribution in [2.75, 3.05) is 13.2 Å². The first kappa shape index (κ1) is 24.6. The van der Waals surface area contributed by atoms with Gasteiger partial charge >= 0.3 is 5.97 Å². The molecule has 0 N–H and O–H groups in total. The van der Waals surface area contributed by atoms with Crippen molar-refractivity contribution in [3.05, 3.63) is 59.2 Å². The summed E-state index contributed by atoms with van der Waals surface area (Å²) in [6, 6.07) is 8.58. The van der Waals surface area contributed by atoms with Crippen LogP contribution in [0.5, 0.6) is 0 Å². The summed E-state index contributed by atoms with van der Waals surface area (Å²) in [5.74, 6) is -1.10. The molecule has 0 aliphatic carbocycles. The Kier molecular flexibility index (Phi) is 7.58. The van der Waals surface area contributed by atoms with Crippen LogP contribution < -0.4 is 0 Å². The quantitative estimate of drug-likeness (QED) is 0.365. The molecule has 0 saturated carbocycles. The minimum absolute atomic E-state index is 0.0726. The number of fused-ring (bicyclic) bond motifs is 1. The second kappa shape index (κ2) is 10.8. The number of aromatic nitrogens is 3. The summed E-state index contributed by atoms with van der Waals surface area (Å²) in [5.41, 5.74) is 2.66. The number of rotatable bonds is 6. The molecule has 1 aliphatic heterocycles. The van der Waals surface area contributed by atoms with Crippen LogP contribution in [0.2, 0.25) is 0 Å². The lowest BCUT2D eigenvalue weighted by atomic mass is 10.1. The number of hydrogen-bond donors (Lipinski definition) is 0. The van der Waals surface area contributed by atoms with Gasteiger partial charge in [-0.1, -0.05) is 31.9 Å². The average Bonchev–Trinajstić information content (AvgIpc) is 3.16. The fraction of sp³-hybridized carbons (Fsp3) is 0.407. The Balaban J connectivity index is 1.70. The van der Waals surface area contributed by atoms with E-state index in [1.165, 1.54) is 12.2 Å². The van der Waals surface area contributed by atoms with Crippen LogP contribution >= 0.6 is 0 Å². The lowest BCUT2D eigenvalue weighted by Gasteiger charge is -2.27. The van der Waals surface area contributed by atoms with Gasteiger partial charge in [-0.05, 0) is 51.3 Å². The third-order valence-electron chi connectivity index (χ3n) is 6.39. The van der Waals surface area contributed by atoms with E-state index in [0.717, 1.165) is 37.9 Å². The number of aryl methyl sites for hydroxylation is 1. The van der Waals surface area contributed by atoms with E-state index >= 15 is 4.39 Å². The van der Waals surface area contributed by atoms with Gasteiger partial charge in [-0.3, -0.25) is 4.79 Å². The van der Waals surface area contributed by atoms with E-state index in [9.17, 15) is 9.59 Å². The number of halogens is 1. The van der Waals surface area contributed by atoms with Gasteiger partial charge in [0.25, 0.3) is 5.91 Å². The number of esters is 1. The highest BCUT2D eigenvalue weighted by Crippen LogP contribution is 2.27. The maximum absolute atomic E-state index is 15.3. The Morgan fingerprint density at radius 3 is 2.80 bits per heavy atom. The molecular formula is C27H31FN4O3. The SMILES string of the molecule is CCOC(=O)/C=C\c1cccc(-c2cc3nc(C(=O)N4CCCCC[C@H]4C)cc(CC)n3n2)c1F. The van der Waals surface area contributed by atoms with Crippen LogP contribution in [0.25, 0.3) is 23.0 Å². The number of amides is 1. The summed E-state index contributed by atoms with van der Waals surface area (Å²) >= 11 is 0. The zero-order chi connectivity index (χ0) is 24.9. The number of carbonyl (C=O) groups is 2. The van der Waals surface area contributed by atoms with Gasteiger partial charge in [0.15, 0.2) is 5.65 Å². The predicted octanol–water partition coefficient (Wildman–Crippen LogP) is 5.08. The predicted molar refractivity (Wildman–Crippen MR) is 132 cm³/mol. The summed E-state index contributed by atoms with van der Waals surface area (Å²) in [5, 5.41) is 4.60. The molecule has 0 unspecified atom stereocenters. The first-order chi connectivity index (χ1) is 16.9. The van der Waals surface area contributed by atoms with Crippen molar-refractivity contribution < 1.29 is 18.7 Å². The van der Waals surface area contributed by atoms with E-state index in [0.29, 0.717) is 23.5 Å². The van der Waals surface area contributed by atoms with Crippen LogP contribution in [0.3, 0.4) is 0 Å². The first-order valence-corrected chi connectivity index (χ1v) is 12.3. The van der Waals surface area contributed by atoms with Gasteiger partial charge in [0, 0.05) is 41.5 Å². The molecule has 0 spiro atoms. The first-order valence-electron chi connectivity index (χ1n) is 12.3. The molecule has 4 rings (SSSR count). The van der Waals surface area contributed by atoms with Gasteiger partial charge in [-0.25, -0.2) is 18.7 Å². The van der Waals surface area contributed by atoms with Crippen molar-refractivity contribution in [1.29, 1.82) is 0 Å². The second-order valence-corrected chi connectivity index (χ2v) is 8.78. The van der Waals surface area contributed by atoms with Crippen LogP contribution in [0.1, 0.15) is 68.2 Å². The van der Waals surface area contributed by atoms with Crippen molar-refractivity contribution in [3.63, 3.8) is 0 Å². The Morgan fingerprint density at radius 2 is 2.03 bits per heavy atom. The van der Waals surface area contributed by atoms with Crippen molar-refractivity contribution in [2.45, 2.75) is 58.9 Å². The van der Waals surface area contributed by atoms with Crippen LogP contribution in [-0.2, 0) is 16.0 Å². The molecule has 35 heavy (non-hydrogen) atoms. The molecule has 3 heterocycles. The van der Waals surface area contributed by atoms with Gasteiger partial charge in [-0.15, -0.1) is 0 Å². The highest BCUT2D eigenvalue weighted by Gasteiger charge is 2.25. The Morgan fingerprint density at radius 1 is 1.20 bits per heavy atom. The minimum Gasteiger partial charge on any atom is -0.463 e. The van der Waals surface area contributed by atoms with Crippen LogP contribution in [0.4, 0.5) is 4.39 Å². The van der Waals surface area contributed by atoms with E-state index in [1.807, 2.05) is 11.8 Å². The monoisotopic (exact) mass is 478 g/mol. The minimum atomic E-state index is -0.530. The van der Waals surface area contributed by atoms with Crippen LogP contribution in [0, 0.1) is 5.82 Å². The molecule has 7 nitrogen and oxygen atoms in total. The molecule has 1 aliphatic rings. The highest BCUT2D eigenvalue weighted by atomic mass is 19.1. The molecule has 8 heteroatoms. The van der Waals surface area contributed by atoms with Gasteiger partial charge in [-0.2, -0.15) is 5.10 Å². The number of likely N-dealkylation sites (tertiary alicyclic amines) is 1. The number of ether oxygens (including phenoxy) is 1. The molecule has 1 saturated heterocycles. The number of benzene rings is 1. The number of hydrogen-bond acceptors (Lipinski definition) is 5. The Hall–Kier alpha value is -3.55. The normalized spacial score (nSPS) is 16.6. The molecule has 0 bridgehead atoms. The molecule has 184 valence electrons. The molecule has 1 atom stereocenters. The molecule has 3 aromatic rings. The Bertz CT molecular complexity index is 1270. The summed E-state index contributed by atoms with van der Waals surface area (Å²) in [6.45, 7) is 6.77. The lowest BCUT2D eigenvalue weighted by Crippen LogP contribution is -2.38. The largest absolute Gasteiger partial charge is 0.463 e.